The average Bonchev–Trinajstić information content (AvgIpc) is 2.66. The normalized spacial score (nSPS) is 10.0. The lowest BCUT2D eigenvalue weighted by atomic mass is 10.2. The monoisotopic (exact) mass is 226 g/mol. The molecule has 0 bridgehead atoms. The van der Waals surface area contributed by atoms with Gasteiger partial charge in [-0.05, 0) is 18.6 Å². The number of Topliss-reactive ketones (excluding diaryl/α,β-unsaturated/α-hetero) is 1. The summed E-state index contributed by atoms with van der Waals surface area (Å²) in [7, 11) is 1.36. The number of esters is 1. The highest BCUT2D eigenvalue weighted by molar-refractivity contribution is 7.14. The minimum atomic E-state index is -0.272. The molecule has 0 atom stereocenters. The molecular weight excluding hydrogens is 212 g/mol. The lowest BCUT2D eigenvalue weighted by Crippen LogP contribution is -2.02. The van der Waals surface area contributed by atoms with Gasteiger partial charge in [0.2, 0.25) is 0 Å². The zero-order valence-corrected chi connectivity index (χ0v) is 9.73. The van der Waals surface area contributed by atoms with Gasteiger partial charge in [0.05, 0.1) is 18.4 Å². The fourth-order valence-electron chi connectivity index (χ4n) is 1.19. The van der Waals surface area contributed by atoms with E-state index in [1.807, 2.05) is 13.0 Å². The first-order valence-corrected chi connectivity index (χ1v) is 5.67. The molecule has 4 heteroatoms. The van der Waals surface area contributed by atoms with Gasteiger partial charge in [-0.2, -0.15) is 0 Å². The number of methoxy groups -OCH3 is 1. The highest BCUT2D eigenvalue weighted by atomic mass is 32.1. The summed E-state index contributed by atoms with van der Waals surface area (Å²) in [6.45, 7) is 1.97. The van der Waals surface area contributed by atoms with Gasteiger partial charge in [-0.3, -0.25) is 9.59 Å². The minimum absolute atomic E-state index is 0.151. The Hall–Kier alpha value is -1.16. The maximum absolute atomic E-state index is 11.5. The van der Waals surface area contributed by atoms with Crippen LogP contribution < -0.4 is 0 Å². The van der Waals surface area contributed by atoms with Gasteiger partial charge >= 0.3 is 5.97 Å². The highest BCUT2D eigenvalue weighted by Crippen LogP contribution is 2.19. The zero-order valence-electron chi connectivity index (χ0n) is 8.91. The summed E-state index contributed by atoms with van der Waals surface area (Å²) in [6.07, 6.45) is 1.67. The smallest absolute Gasteiger partial charge is 0.310 e. The average molecular weight is 226 g/mol. The molecule has 0 spiro atoms. The van der Waals surface area contributed by atoms with Crippen molar-refractivity contribution in [3.63, 3.8) is 0 Å². The Morgan fingerprint density at radius 2 is 2.13 bits per heavy atom. The van der Waals surface area contributed by atoms with Gasteiger partial charge in [0, 0.05) is 11.3 Å². The van der Waals surface area contributed by atoms with Crippen molar-refractivity contribution in [2.24, 2.45) is 0 Å². The number of carbonyl (C=O) groups is 2. The van der Waals surface area contributed by atoms with E-state index in [1.165, 1.54) is 18.4 Å². The first kappa shape index (κ1) is 11.9. The third-order valence-electron chi connectivity index (χ3n) is 1.96. The van der Waals surface area contributed by atoms with E-state index in [2.05, 4.69) is 4.74 Å². The summed E-state index contributed by atoms with van der Waals surface area (Å²) in [5, 5.41) is 0. The number of ether oxygens (including phenoxy) is 1. The minimum Gasteiger partial charge on any atom is -0.469 e. The Kier molecular flexibility index (Phi) is 4.49. The van der Waals surface area contributed by atoms with Gasteiger partial charge in [-0.1, -0.05) is 6.92 Å². The van der Waals surface area contributed by atoms with Gasteiger partial charge in [-0.25, -0.2) is 0 Å². The lowest BCUT2D eigenvalue weighted by Gasteiger charge is -1.95. The molecule has 3 nitrogen and oxygen atoms in total. The van der Waals surface area contributed by atoms with Crippen LogP contribution in [0.5, 0.6) is 0 Å². The first-order valence-electron chi connectivity index (χ1n) is 4.86. The Bertz CT molecular complexity index is 354. The van der Waals surface area contributed by atoms with Gasteiger partial charge in [-0.15, -0.1) is 11.3 Å². The van der Waals surface area contributed by atoms with E-state index in [0.717, 1.165) is 16.2 Å². The van der Waals surface area contributed by atoms with E-state index in [9.17, 15) is 9.59 Å². The molecule has 0 aliphatic rings. The standard InChI is InChI=1S/C11H14O3S/c1-3-4-9(12)10-6-5-8(15-10)7-11(13)14-2/h5-6H,3-4,7H2,1-2H3. The topological polar surface area (TPSA) is 43.4 Å². The molecule has 15 heavy (non-hydrogen) atoms. The van der Waals surface area contributed by atoms with Crippen molar-refractivity contribution in [1.82, 2.24) is 0 Å². The number of hydrogen-bond acceptors (Lipinski definition) is 4. The molecule has 1 aromatic rings. The predicted molar refractivity (Wildman–Crippen MR) is 59.3 cm³/mol. The molecule has 0 aliphatic carbocycles. The number of hydrogen-bond donors (Lipinski definition) is 0. The second-order valence-electron chi connectivity index (χ2n) is 3.19. The van der Waals surface area contributed by atoms with Crippen LogP contribution in [-0.4, -0.2) is 18.9 Å². The van der Waals surface area contributed by atoms with Crippen LogP contribution in [0.25, 0.3) is 0 Å². The molecule has 0 saturated carbocycles. The van der Waals surface area contributed by atoms with Gasteiger partial charge in [0.1, 0.15) is 0 Å². The first-order chi connectivity index (χ1) is 7.17. The molecule has 0 aliphatic heterocycles. The van der Waals surface area contributed by atoms with Crippen LogP contribution in [0.3, 0.4) is 0 Å². The Morgan fingerprint density at radius 3 is 2.73 bits per heavy atom. The fourth-order valence-corrected chi connectivity index (χ4v) is 2.15. The van der Waals surface area contributed by atoms with E-state index in [-0.39, 0.29) is 18.2 Å². The summed E-state index contributed by atoms with van der Waals surface area (Å²) < 4.78 is 4.55. The third-order valence-corrected chi connectivity index (χ3v) is 3.09. The summed E-state index contributed by atoms with van der Waals surface area (Å²) in [5.74, 6) is -0.120. The number of thiophene rings is 1. The SMILES string of the molecule is CCCC(=O)c1ccc(CC(=O)OC)s1. The summed E-state index contributed by atoms with van der Waals surface area (Å²) in [6, 6.07) is 3.59. The highest BCUT2D eigenvalue weighted by Gasteiger charge is 2.10. The molecule has 0 amide bonds. The van der Waals surface area contributed by atoms with Crippen LogP contribution in [0.1, 0.15) is 34.3 Å². The zero-order chi connectivity index (χ0) is 11.3. The van der Waals surface area contributed by atoms with Crippen LogP contribution in [0, 0.1) is 0 Å². The van der Waals surface area contributed by atoms with E-state index in [0.29, 0.717) is 6.42 Å². The number of ketones is 1. The van der Waals surface area contributed by atoms with E-state index < -0.39 is 0 Å². The van der Waals surface area contributed by atoms with Crippen molar-refractivity contribution in [3.8, 4) is 0 Å². The number of carbonyl (C=O) groups excluding carboxylic acids is 2. The molecule has 82 valence electrons. The second kappa shape index (κ2) is 5.66. The summed E-state index contributed by atoms with van der Waals surface area (Å²) in [5.41, 5.74) is 0. The fraction of sp³-hybridized carbons (Fsp3) is 0.455. The van der Waals surface area contributed by atoms with Crippen molar-refractivity contribution in [3.05, 3.63) is 21.9 Å². The lowest BCUT2D eigenvalue weighted by molar-refractivity contribution is -0.139. The molecule has 0 aromatic carbocycles. The van der Waals surface area contributed by atoms with Gasteiger partial charge < -0.3 is 4.74 Å². The van der Waals surface area contributed by atoms with Crippen molar-refractivity contribution < 1.29 is 14.3 Å². The van der Waals surface area contributed by atoms with Crippen LogP contribution in [0.15, 0.2) is 12.1 Å². The van der Waals surface area contributed by atoms with Crippen LogP contribution in [0.2, 0.25) is 0 Å². The van der Waals surface area contributed by atoms with Crippen LogP contribution >= 0.6 is 11.3 Å². The molecule has 0 saturated heterocycles. The van der Waals surface area contributed by atoms with Gasteiger partial charge in [0.25, 0.3) is 0 Å². The largest absolute Gasteiger partial charge is 0.469 e. The molecular formula is C11H14O3S. The molecule has 0 unspecified atom stereocenters. The maximum atomic E-state index is 11.5. The van der Waals surface area contributed by atoms with Gasteiger partial charge in [0.15, 0.2) is 5.78 Å². The molecule has 0 fully saturated rings. The van der Waals surface area contributed by atoms with Crippen molar-refractivity contribution in [2.75, 3.05) is 7.11 Å². The Labute approximate surface area is 93.1 Å². The van der Waals surface area contributed by atoms with E-state index in [4.69, 9.17) is 0 Å². The molecule has 1 heterocycles. The van der Waals surface area contributed by atoms with Crippen LogP contribution in [0.4, 0.5) is 0 Å². The van der Waals surface area contributed by atoms with Crippen LogP contribution in [-0.2, 0) is 16.0 Å². The van der Waals surface area contributed by atoms with Crippen molar-refractivity contribution in [1.29, 1.82) is 0 Å². The maximum Gasteiger partial charge on any atom is 0.310 e. The molecule has 0 N–H and O–H groups in total. The summed E-state index contributed by atoms with van der Waals surface area (Å²) in [4.78, 5) is 24.1. The third kappa shape index (κ3) is 3.47. The Morgan fingerprint density at radius 1 is 1.40 bits per heavy atom. The van der Waals surface area contributed by atoms with E-state index in [1.54, 1.807) is 6.07 Å². The quantitative estimate of drug-likeness (QED) is 0.572. The molecule has 0 radical (unpaired) electrons. The summed E-state index contributed by atoms with van der Waals surface area (Å²) >= 11 is 1.37. The predicted octanol–water partition coefficient (Wildman–Crippen LogP) is 2.45. The molecule has 1 rings (SSSR count). The van der Waals surface area contributed by atoms with E-state index >= 15 is 0 Å². The second-order valence-corrected chi connectivity index (χ2v) is 4.36. The number of rotatable bonds is 5. The van der Waals surface area contributed by atoms with Crippen molar-refractivity contribution in [2.45, 2.75) is 26.2 Å². The molecule has 1 aromatic heterocycles. The Balaban J connectivity index is 2.63. The van der Waals surface area contributed by atoms with Crippen molar-refractivity contribution >= 4 is 23.1 Å².